The van der Waals surface area contributed by atoms with Gasteiger partial charge in [-0.25, -0.2) is 4.98 Å². The number of nitrogens with one attached hydrogen (secondary N) is 1. The molecule has 28 heavy (non-hydrogen) atoms. The number of benzene rings is 1. The van der Waals surface area contributed by atoms with Crippen molar-refractivity contribution < 1.29 is 4.42 Å². The van der Waals surface area contributed by atoms with Gasteiger partial charge in [-0.2, -0.15) is 0 Å². The predicted octanol–water partition coefficient (Wildman–Crippen LogP) is 4.04. The van der Waals surface area contributed by atoms with Crippen LogP contribution in [0.3, 0.4) is 0 Å². The largest absolute Gasteiger partial charge is 0.460 e. The van der Waals surface area contributed by atoms with Crippen LogP contribution in [0.25, 0.3) is 11.3 Å². The van der Waals surface area contributed by atoms with Crippen LogP contribution in [-0.4, -0.2) is 43.1 Å². The van der Waals surface area contributed by atoms with Gasteiger partial charge in [0.05, 0.1) is 11.6 Å². The number of anilines is 1. The monoisotopic (exact) mass is 396 g/mol. The summed E-state index contributed by atoms with van der Waals surface area (Å²) in [6.45, 7) is 5.65. The van der Waals surface area contributed by atoms with E-state index in [4.69, 9.17) is 16.0 Å². The molecule has 1 fully saturated rings. The minimum Gasteiger partial charge on any atom is -0.460 e. The number of hydrogen-bond acceptors (Lipinski definition) is 5. The fourth-order valence-corrected chi connectivity index (χ4v) is 3.58. The van der Waals surface area contributed by atoms with Gasteiger partial charge in [-0.3, -0.25) is 0 Å². The Morgan fingerprint density at radius 3 is 2.57 bits per heavy atom. The molecule has 3 aromatic rings. The summed E-state index contributed by atoms with van der Waals surface area (Å²) >= 11 is 6.24. The van der Waals surface area contributed by atoms with E-state index >= 15 is 0 Å². The van der Waals surface area contributed by atoms with Gasteiger partial charge in [0.25, 0.3) is 0 Å². The molecule has 0 bridgehead atoms. The predicted molar refractivity (Wildman–Crippen MR) is 114 cm³/mol. The highest BCUT2D eigenvalue weighted by atomic mass is 35.5. The summed E-state index contributed by atoms with van der Waals surface area (Å²) in [5.41, 5.74) is 2.08. The van der Waals surface area contributed by atoms with E-state index in [1.165, 1.54) is 0 Å². The molecule has 6 heteroatoms. The van der Waals surface area contributed by atoms with E-state index in [1.54, 1.807) is 0 Å². The molecule has 0 saturated carbocycles. The maximum Gasteiger partial charge on any atom is 0.135 e. The van der Waals surface area contributed by atoms with Crippen LogP contribution in [0.5, 0.6) is 0 Å². The molecule has 2 aromatic heterocycles. The molecule has 0 aliphatic carbocycles. The Morgan fingerprint density at radius 1 is 1.00 bits per heavy atom. The van der Waals surface area contributed by atoms with E-state index in [0.29, 0.717) is 11.6 Å². The zero-order chi connectivity index (χ0) is 19.3. The van der Waals surface area contributed by atoms with Gasteiger partial charge in [0.15, 0.2) is 0 Å². The fourth-order valence-electron chi connectivity index (χ4n) is 3.35. The number of hydrogen-bond donors (Lipinski definition) is 1. The number of aromatic nitrogens is 1. The summed E-state index contributed by atoms with van der Waals surface area (Å²) in [4.78, 5) is 9.33. The maximum atomic E-state index is 6.24. The quantitative estimate of drug-likeness (QED) is 0.681. The van der Waals surface area contributed by atoms with Crippen LogP contribution >= 0.6 is 11.6 Å². The summed E-state index contributed by atoms with van der Waals surface area (Å²) in [5.74, 6) is 2.74. The third-order valence-corrected chi connectivity index (χ3v) is 5.40. The second-order valence-corrected chi connectivity index (χ2v) is 7.57. The van der Waals surface area contributed by atoms with Crippen LogP contribution in [-0.2, 0) is 13.1 Å². The molecule has 0 spiro atoms. The van der Waals surface area contributed by atoms with E-state index in [-0.39, 0.29) is 0 Å². The van der Waals surface area contributed by atoms with Gasteiger partial charge in [-0.1, -0.05) is 29.8 Å². The first-order chi connectivity index (χ1) is 13.7. The van der Waals surface area contributed by atoms with Gasteiger partial charge in [0.2, 0.25) is 0 Å². The second kappa shape index (κ2) is 8.78. The molecule has 3 heterocycles. The highest BCUT2D eigenvalue weighted by Gasteiger charge is 2.15. The lowest BCUT2D eigenvalue weighted by atomic mass is 10.2. The molecule has 5 nitrogen and oxygen atoms in total. The van der Waals surface area contributed by atoms with Crippen molar-refractivity contribution in [2.75, 3.05) is 38.1 Å². The van der Waals surface area contributed by atoms with Crippen molar-refractivity contribution in [3.8, 4) is 11.3 Å². The van der Waals surface area contributed by atoms with Crippen molar-refractivity contribution >= 4 is 17.4 Å². The van der Waals surface area contributed by atoms with Crippen LogP contribution in [0.1, 0.15) is 11.3 Å². The van der Waals surface area contributed by atoms with E-state index < -0.39 is 0 Å². The Balaban J connectivity index is 1.29. The first-order valence-electron chi connectivity index (χ1n) is 9.62. The Morgan fingerprint density at radius 2 is 1.82 bits per heavy atom. The van der Waals surface area contributed by atoms with Crippen LogP contribution in [0.2, 0.25) is 5.02 Å². The van der Waals surface area contributed by atoms with Gasteiger partial charge in [0.1, 0.15) is 17.3 Å². The molecule has 0 unspecified atom stereocenters. The van der Waals surface area contributed by atoms with Crippen molar-refractivity contribution in [2.24, 2.45) is 0 Å². The average Bonchev–Trinajstić information content (AvgIpc) is 3.18. The molecule has 1 aliphatic heterocycles. The van der Waals surface area contributed by atoms with Crippen LogP contribution in [0, 0.1) is 0 Å². The first-order valence-corrected chi connectivity index (χ1v) is 9.99. The second-order valence-electron chi connectivity index (χ2n) is 7.16. The van der Waals surface area contributed by atoms with Crippen LogP contribution in [0.15, 0.2) is 59.1 Å². The molecule has 0 amide bonds. The van der Waals surface area contributed by atoms with E-state index in [9.17, 15) is 0 Å². The summed E-state index contributed by atoms with van der Waals surface area (Å²) in [5, 5.41) is 4.11. The Labute approximate surface area is 170 Å². The number of rotatable bonds is 6. The number of piperazine rings is 1. The number of furan rings is 1. The van der Waals surface area contributed by atoms with E-state index in [0.717, 1.165) is 61.2 Å². The third-order valence-electron chi connectivity index (χ3n) is 5.07. The average molecular weight is 397 g/mol. The van der Waals surface area contributed by atoms with Crippen molar-refractivity contribution in [1.82, 2.24) is 15.2 Å². The number of likely N-dealkylation sites (N-methyl/N-ethyl adjacent to an activating group) is 1. The molecular formula is C22H25ClN4O. The molecule has 0 atom stereocenters. The summed E-state index contributed by atoms with van der Waals surface area (Å²) in [6.07, 6.45) is 1.96. The van der Waals surface area contributed by atoms with Crippen LogP contribution < -0.4 is 10.2 Å². The highest BCUT2D eigenvalue weighted by molar-refractivity contribution is 6.33. The summed E-state index contributed by atoms with van der Waals surface area (Å²) in [7, 11) is 2.16. The SMILES string of the molecule is CN1CCN(c2ccc(CNCc3ccc(-c4ccccc4Cl)o3)cn2)CC1. The summed E-state index contributed by atoms with van der Waals surface area (Å²) in [6, 6.07) is 15.9. The molecule has 4 rings (SSSR count). The lowest BCUT2D eigenvalue weighted by Gasteiger charge is -2.33. The smallest absolute Gasteiger partial charge is 0.135 e. The molecule has 1 aromatic carbocycles. The summed E-state index contributed by atoms with van der Waals surface area (Å²) < 4.78 is 5.92. The molecule has 146 valence electrons. The van der Waals surface area contributed by atoms with Crippen molar-refractivity contribution in [2.45, 2.75) is 13.1 Å². The van der Waals surface area contributed by atoms with Gasteiger partial charge in [0, 0.05) is 44.5 Å². The molecule has 1 aliphatic rings. The molecular weight excluding hydrogens is 372 g/mol. The van der Waals surface area contributed by atoms with Gasteiger partial charge in [-0.05, 0) is 42.9 Å². The highest BCUT2D eigenvalue weighted by Crippen LogP contribution is 2.29. The number of nitrogens with zero attached hydrogens (tertiary/aromatic N) is 3. The van der Waals surface area contributed by atoms with Crippen LogP contribution in [0.4, 0.5) is 5.82 Å². The van der Waals surface area contributed by atoms with Crippen molar-refractivity contribution in [1.29, 1.82) is 0 Å². The number of halogens is 1. The lowest BCUT2D eigenvalue weighted by Crippen LogP contribution is -2.44. The fraction of sp³-hybridized carbons (Fsp3) is 0.318. The van der Waals surface area contributed by atoms with E-state index in [2.05, 4.69) is 39.3 Å². The molecule has 1 N–H and O–H groups in total. The standard InChI is InChI=1S/C22H25ClN4O/c1-26-10-12-27(13-11-26)22-9-6-17(15-25-22)14-24-16-18-7-8-21(28-18)19-4-2-3-5-20(19)23/h2-9,15,24H,10-14,16H2,1H3. The molecule has 0 radical (unpaired) electrons. The topological polar surface area (TPSA) is 44.5 Å². The number of pyridine rings is 1. The lowest BCUT2D eigenvalue weighted by molar-refractivity contribution is 0.312. The molecule has 1 saturated heterocycles. The Kier molecular flexibility index (Phi) is 5.95. The third kappa shape index (κ3) is 4.55. The van der Waals surface area contributed by atoms with E-state index in [1.807, 2.05) is 42.6 Å². The van der Waals surface area contributed by atoms with Gasteiger partial charge >= 0.3 is 0 Å². The maximum absolute atomic E-state index is 6.24. The minimum atomic E-state index is 0.657. The minimum absolute atomic E-state index is 0.657. The van der Waals surface area contributed by atoms with Gasteiger partial charge < -0.3 is 19.5 Å². The van der Waals surface area contributed by atoms with Crippen molar-refractivity contribution in [3.63, 3.8) is 0 Å². The normalized spacial score (nSPS) is 15.1. The zero-order valence-corrected chi connectivity index (χ0v) is 16.8. The van der Waals surface area contributed by atoms with Gasteiger partial charge in [-0.15, -0.1) is 0 Å². The van der Waals surface area contributed by atoms with Crippen molar-refractivity contribution in [3.05, 3.63) is 71.1 Å². The Bertz CT molecular complexity index is 901. The Hall–Kier alpha value is -2.34. The first kappa shape index (κ1) is 19.0. The zero-order valence-electron chi connectivity index (χ0n) is 16.1.